The monoisotopic (exact) mass is 318 g/mol. The van der Waals surface area contributed by atoms with Gasteiger partial charge in [-0.3, -0.25) is 0 Å². The molecule has 6 heteroatoms. The van der Waals surface area contributed by atoms with Crippen molar-refractivity contribution in [1.29, 1.82) is 0 Å². The largest absolute Gasteiger partial charge is 0.467 e. The molecule has 0 saturated heterocycles. The lowest BCUT2D eigenvalue weighted by atomic mass is 10.2. The van der Waals surface area contributed by atoms with Crippen LogP contribution in [-0.2, 0) is 13.1 Å². The molecule has 1 heterocycles. The molecular formula is C17H23FN4O. The van der Waals surface area contributed by atoms with Crippen LogP contribution in [-0.4, -0.2) is 26.6 Å². The van der Waals surface area contributed by atoms with Gasteiger partial charge in [-0.1, -0.05) is 6.07 Å². The van der Waals surface area contributed by atoms with E-state index in [1.807, 2.05) is 39.2 Å². The maximum absolute atomic E-state index is 14.0. The van der Waals surface area contributed by atoms with Crippen molar-refractivity contribution < 1.29 is 8.81 Å². The third-order valence-electron chi connectivity index (χ3n) is 3.27. The minimum atomic E-state index is -0.240. The molecule has 0 atom stereocenters. The topological polar surface area (TPSA) is 52.8 Å². The van der Waals surface area contributed by atoms with Crippen LogP contribution in [0.1, 0.15) is 18.2 Å². The summed E-state index contributed by atoms with van der Waals surface area (Å²) in [6.07, 6.45) is 1.64. The maximum atomic E-state index is 14.0. The Hall–Kier alpha value is -2.50. The number of guanidine groups is 1. The summed E-state index contributed by atoms with van der Waals surface area (Å²) in [5, 5.41) is 6.34. The van der Waals surface area contributed by atoms with Crippen LogP contribution in [0.4, 0.5) is 10.1 Å². The number of benzene rings is 1. The summed E-state index contributed by atoms with van der Waals surface area (Å²) in [6, 6.07) is 8.92. The van der Waals surface area contributed by atoms with Gasteiger partial charge in [-0.25, -0.2) is 9.38 Å². The average Bonchev–Trinajstić information content (AvgIpc) is 3.03. The fraction of sp³-hybridized carbons (Fsp3) is 0.353. The molecule has 0 spiro atoms. The number of rotatable bonds is 6. The highest BCUT2D eigenvalue weighted by Crippen LogP contribution is 2.18. The van der Waals surface area contributed by atoms with E-state index in [0.29, 0.717) is 24.7 Å². The molecule has 0 radical (unpaired) electrons. The quantitative estimate of drug-likeness (QED) is 0.635. The van der Waals surface area contributed by atoms with Crippen LogP contribution < -0.4 is 15.5 Å². The third kappa shape index (κ3) is 5.02. The molecule has 23 heavy (non-hydrogen) atoms. The van der Waals surface area contributed by atoms with E-state index >= 15 is 0 Å². The number of furan rings is 1. The highest BCUT2D eigenvalue weighted by molar-refractivity contribution is 5.79. The van der Waals surface area contributed by atoms with Crippen molar-refractivity contribution in [3.63, 3.8) is 0 Å². The van der Waals surface area contributed by atoms with E-state index in [-0.39, 0.29) is 5.82 Å². The van der Waals surface area contributed by atoms with Crippen LogP contribution in [0.2, 0.25) is 0 Å². The Balaban J connectivity index is 2.00. The smallest absolute Gasteiger partial charge is 0.191 e. The Morgan fingerprint density at radius 1 is 1.26 bits per heavy atom. The van der Waals surface area contributed by atoms with Crippen molar-refractivity contribution in [2.75, 3.05) is 25.5 Å². The van der Waals surface area contributed by atoms with E-state index < -0.39 is 0 Å². The van der Waals surface area contributed by atoms with Gasteiger partial charge in [-0.15, -0.1) is 0 Å². The van der Waals surface area contributed by atoms with Gasteiger partial charge < -0.3 is 20.0 Å². The van der Waals surface area contributed by atoms with Gasteiger partial charge in [0.1, 0.15) is 11.6 Å². The normalized spacial score (nSPS) is 11.4. The molecule has 0 amide bonds. The number of anilines is 1. The summed E-state index contributed by atoms with van der Waals surface area (Å²) in [4.78, 5) is 6.22. The van der Waals surface area contributed by atoms with Gasteiger partial charge in [0.2, 0.25) is 0 Å². The molecule has 0 fully saturated rings. The Bertz CT molecular complexity index is 638. The lowest BCUT2D eigenvalue weighted by Crippen LogP contribution is -2.36. The van der Waals surface area contributed by atoms with Crippen LogP contribution in [0.3, 0.4) is 0 Å². The van der Waals surface area contributed by atoms with Gasteiger partial charge in [-0.2, -0.15) is 0 Å². The van der Waals surface area contributed by atoms with Gasteiger partial charge in [-0.05, 0) is 36.8 Å². The molecular weight excluding hydrogens is 295 g/mol. The molecule has 0 aliphatic rings. The molecule has 1 aromatic heterocycles. The van der Waals surface area contributed by atoms with Crippen molar-refractivity contribution in [1.82, 2.24) is 10.6 Å². The zero-order valence-corrected chi connectivity index (χ0v) is 13.8. The second kappa shape index (κ2) is 8.22. The molecule has 1 aromatic carbocycles. The van der Waals surface area contributed by atoms with Crippen molar-refractivity contribution in [2.24, 2.45) is 4.99 Å². The van der Waals surface area contributed by atoms with Crippen molar-refractivity contribution in [3.05, 3.63) is 53.7 Å². The second-order valence-corrected chi connectivity index (χ2v) is 5.31. The first kappa shape index (κ1) is 16.9. The van der Waals surface area contributed by atoms with Crippen LogP contribution in [0.15, 0.2) is 46.0 Å². The molecule has 5 nitrogen and oxygen atoms in total. The van der Waals surface area contributed by atoms with Crippen molar-refractivity contribution in [2.45, 2.75) is 20.0 Å². The van der Waals surface area contributed by atoms with Crippen LogP contribution in [0.25, 0.3) is 0 Å². The molecule has 2 rings (SSSR count). The summed E-state index contributed by atoms with van der Waals surface area (Å²) in [6.45, 7) is 3.69. The lowest BCUT2D eigenvalue weighted by molar-refractivity contribution is 0.501. The van der Waals surface area contributed by atoms with Crippen molar-refractivity contribution in [3.8, 4) is 0 Å². The van der Waals surface area contributed by atoms with Crippen molar-refractivity contribution >= 4 is 11.6 Å². The first-order chi connectivity index (χ1) is 11.1. The SMILES string of the molecule is CCNC(=NCc1ccc(N(C)C)c(F)c1)NCc1ccco1. The number of nitrogens with one attached hydrogen (secondary N) is 2. The standard InChI is InChI=1S/C17H23FN4O/c1-4-19-17(21-12-14-6-5-9-23-14)20-11-13-7-8-16(22(2)3)15(18)10-13/h5-10H,4,11-12H2,1-3H3,(H2,19,20,21). The van der Waals surface area contributed by atoms with Crippen LogP contribution >= 0.6 is 0 Å². The zero-order chi connectivity index (χ0) is 16.7. The Labute approximate surface area is 136 Å². The zero-order valence-electron chi connectivity index (χ0n) is 13.8. The summed E-state index contributed by atoms with van der Waals surface area (Å²) < 4.78 is 19.3. The van der Waals surface area contributed by atoms with Gasteiger partial charge in [0, 0.05) is 20.6 Å². The number of hydrogen-bond acceptors (Lipinski definition) is 3. The second-order valence-electron chi connectivity index (χ2n) is 5.31. The summed E-state index contributed by atoms with van der Waals surface area (Å²) in [7, 11) is 3.64. The molecule has 0 saturated carbocycles. The highest BCUT2D eigenvalue weighted by atomic mass is 19.1. The Morgan fingerprint density at radius 2 is 2.09 bits per heavy atom. The van der Waals surface area contributed by atoms with E-state index in [0.717, 1.165) is 17.9 Å². The number of nitrogens with zero attached hydrogens (tertiary/aromatic N) is 2. The maximum Gasteiger partial charge on any atom is 0.191 e. The van der Waals surface area contributed by atoms with Crippen LogP contribution in [0, 0.1) is 5.82 Å². The van der Waals surface area contributed by atoms with E-state index in [4.69, 9.17) is 4.42 Å². The fourth-order valence-corrected chi connectivity index (χ4v) is 2.11. The van der Waals surface area contributed by atoms with E-state index in [2.05, 4.69) is 15.6 Å². The molecule has 0 bridgehead atoms. The lowest BCUT2D eigenvalue weighted by Gasteiger charge is -2.14. The molecule has 0 aliphatic carbocycles. The summed E-state index contributed by atoms with van der Waals surface area (Å²) >= 11 is 0. The summed E-state index contributed by atoms with van der Waals surface area (Å²) in [5.41, 5.74) is 1.39. The molecule has 2 N–H and O–H groups in total. The first-order valence-corrected chi connectivity index (χ1v) is 7.60. The van der Waals surface area contributed by atoms with Gasteiger partial charge in [0.25, 0.3) is 0 Å². The first-order valence-electron chi connectivity index (χ1n) is 7.60. The third-order valence-corrected chi connectivity index (χ3v) is 3.27. The highest BCUT2D eigenvalue weighted by Gasteiger charge is 2.05. The molecule has 0 aliphatic heterocycles. The van der Waals surface area contributed by atoms with E-state index in [1.54, 1.807) is 17.2 Å². The summed E-state index contributed by atoms with van der Waals surface area (Å²) in [5.74, 6) is 1.26. The minimum Gasteiger partial charge on any atom is -0.467 e. The predicted octanol–water partition coefficient (Wildman–Crippen LogP) is 2.74. The number of aliphatic imine (C=N–C) groups is 1. The molecule has 0 unspecified atom stereocenters. The average molecular weight is 318 g/mol. The predicted molar refractivity (Wildman–Crippen MR) is 91.1 cm³/mol. The number of halogens is 1. The van der Waals surface area contributed by atoms with Gasteiger partial charge in [0.05, 0.1) is 25.0 Å². The molecule has 2 aromatic rings. The van der Waals surface area contributed by atoms with E-state index in [9.17, 15) is 4.39 Å². The van der Waals surface area contributed by atoms with E-state index in [1.165, 1.54) is 6.07 Å². The number of hydrogen-bond donors (Lipinski definition) is 2. The van der Waals surface area contributed by atoms with Crippen LogP contribution in [0.5, 0.6) is 0 Å². The Kier molecular flexibility index (Phi) is 6.02. The van der Waals surface area contributed by atoms with Gasteiger partial charge >= 0.3 is 0 Å². The Morgan fingerprint density at radius 3 is 2.70 bits per heavy atom. The molecule has 124 valence electrons. The fourth-order valence-electron chi connectivity index (χ4n) is 2.11. The van der Waals surface area contributed by atoms with Gasteiger partial charge in [0.15, 0.2) is 5.96 Å². The minimum absolute atomic E-state index is 0.240.